The standard InChI is InChI=1S/C12H26N/c1-4-13(5-2,6-3)12-10-8-7-9-11-12/h12H,4-11H2,1-3H3/q+1. The first kappa shape index (κ1) is 11.0. The lowest BCUT2D eigenvalue weighted by Crippen LogP contribution is -2.55. The Hall–Kier alpha value is -0.0400. The number of quaternary nitrogens is 1. The van der Waals surface area contributed by atoms with E-state index in [1.807, 2.05) is 0 Å². The minimum atomic E-state index is 0.980. The van der Waals surface area contributed by atoms with Crippen molar-refractivity contribution in [2.24, 2.45) is 0 Å². The average Bonchev–Trinajstić information content (AvgIpc) is 2.23. The molecule has 0 spiro atoms. The van der Waals surface area contributed by atoms with Gasteiger partial charge in [-0.2, -0.15) is 0 Å². The van der Waals surface area contributed by atoms with Crippen LogP contribution in [-0.2, 0) is 0 Å². The van der Waals surface area contributed by atoms with E-state index in [0.29, 0.717) is 0 Å². The lowest BCUT2D eigenvalue weighted by molar-refractivity contribution is -0.947. The Balaban J connectivity index is 2.60. The van der Waals surface area contributed by atoms with E-state index in [1.54, 1.807) is 0 Å². The first-order chi connectivity index (χ1) is 6.29. The SMILES string of the molecule is CC[N+](CC)(CC)C1CCCCC1. The molecule has 0 N–H and O–H groups in total. The van der Waals surface area contributed by atoms with E-state index in [9.17, 15) is 0 Å². The summed E-state index contributed by atoms with van der Waals surface area (Å²) in [6, 6.07) is 0.980. The van der Waals surface area contributed by atoms with Crippen molar-refractivity contribution in [3.63, 3.8) is 0 Å². The Morgan fingerprint density at radius 2 is 1.31 bits per heavy atom. The molecule has 0 atom stereocenters. The summed E-state index contributed by atoms with van der Waals surface area (Å²) in [6.45, 7) is 11.1. The van der Waals surface area contributed by atoms with Crippen LogP contribution in [0.2, 0.25) is 0 Å². The molecule has 0 aliphatic heterocycles. The fourth-order valence-corrected chi connectivity index (χ4v) is 3.07. The summed E-state index contributed by atoms with van der Waals surface area (Å²) in [6.07, 6.45) is 7.40. The van der Waals surface area contributed by atoms with E-state index in [2.05, 4.69) is 20.8 Å². The maximum atomic E-state index is 2.36. The third-order valence-corrected chi connectivity index (χ3v) is 4.24. The highest BCUT2D eigenvalue weighted by molar-refractivity contribution is 4.66. The molecule has 1 aliphatic rings. The molecule has 0 amide bonds. The minimum Gasteiger partial charge on any atom is -0.322 e. The molecule has 78 valence electrons. The van der Waals surface area contributed by atoms with E-state index in [1.165, 1.54) is 56.2 Å². The van der Waals surface area contributed by atoms with Gasteiger partial charge in [0.1, 0.15) is 0 Å². The molecule has 1 nitrogen and oxygen atoms in total. The van der Waals surface area contributed by atoms with Crippen LogP contribution in [0.4, 0.5) is 0 Å². The van der Waals surface area contributed by atoms with E-state index >= 15 is 0 Å². The second-order valence-electron chi connectivity index (χ2n) is 4.46. The van der Waals surface area contributed by atoms with Crippen LogP contribution < -0.4 is 0 Å². The van der Waals surface area contributed by atoms with Crippen molar-refractivity contribution in [2.45, 2.75) is 58.9 Å². The largest absolute Gasteiger partial charge is 0.322 e. The fraction of sp³-hybridized carbons (Fsp3) is 1.00. The van der Waals surface area contributed by atoms with E-state index < -0.39 is 0 Å². The smallest absolute Gasteiger partial charge is 0.0890 e. The van der Waals surface area contributed by atoms with Gasteiger partial charge in [0.05, 0.1) is 25.7 Å². The summed E-state index contributed by atoms with van der Waals surface area (Å²) in [5, 5.41) is 0. The molecule has 13 heavy (non-hydrogen) atoms. The predicted octanol–water partition coefficient (Wildman–Crippen LogP) is 3.20. The Labute approximate surface area is 83.7 Å². The monoisotopic (exact) mass is 184 g/mol. The maximum Gasteiger partial charge on any atom is 0.0890 e. The van der Waals surface area contributed by atoms with Gasteiger partial charge < -0.3 is 4.48 Å². The molecular weight excluding hydrogens is 158 g/mol. The van der Waals surface area contributed by atoms with E-state index in [4.69, 9.17) is 0 Å². The predicted molar refractivity (Wildman–Crippen MR) is 58.8 cm³/mol. The van der Waals surface area contributed by atoms with E-state index in [0.717, 1.165) is 6.04 Å². The van der Waals surface area contributed by atoms with Crippen molar-refractivity contribution in [2.75, 3.05) is 19.6 Å². The third kappa shape index (κ3) is 2.25. The average molecular weight is 184 g/mol. The van der Waals surface area contributed by atoms with Crippen LogP contribution in [0.3, 0.4) is 0 Å². The zero-order chi connectivity index (χ0) is 9.73. The minimum absolute atomic E-state index is 0.980. The van der Waals surface area contributed by atoms with Gasteiger partial charge in [-0.1, -0.05) is 6.42 Å². The molecule has 0 radical (unpaired) electrons. The number of hydrogen-bond donors (Lipinski definition) is 0. The van der Waals surface area contributed by atoms with Gasteiger partial charge in [0, 0.05) is 0 Å². The van der Waals surface area contributed by atoms with Gasteiger partial charge in [0.2, 0.25) is 0 Å². The highest BCUT2D eigenvalue weighted by Crippen LogP contribution is 2.27. The fourth-order valence-electron chi connectivity index (χ4n) is 3.07. The molecule has 1 saturated carbocycles. The Morgan fingerprint density at radius 1 is 0.846 bits per heavy atom. The van der Waals surface area contributed by atoms with Crippen LogP contribution in [0, 0.1) is 0 Å². The molecule has 0 aromatic carbocycles. The molecule has 0 unspecified atom stereocenters. The third-order valence-electron chi connectivity index (χ3n) is 4.24. The Kier molecular flexibility index (Phi) is 4.24. The number of rotatable bonds is 4. The first-order valence-corrected chi connectivity index (χ1v) is 6.14. The summed E-state index contributed by atoms with van der Waals surface area (Å²) in [4.78, 5) is 0. The highest BCUT2D eigenvalue weighted by Gasteiger charge is 2.32. The van der Waals surface area contributed by atoms with Crippen molar-refractivity contribution in [1.29, 1.82) is 0 Å². The van der Waals surface area contributed by atoms with Crippen molar-refractivity contribution < 1.29 is 4.48 Å². The zero-order valence-electron chi connectivity index (χ0n) is 9.68. The van der Waals surface area contributed by atoms with Gasteiger partial charge in [0.15, 0.2) is 0 Å². The van der Waals surface area contributed by atoms with Crippen LogP contribution in [-0.4, -0.2) is 30.2 Å². The molecule has 0 saturated heterocycles. The van der Waals surface area contributed by atoms with E-state index in [-0.39, 0.29) is 0 Å². The Morgan fingerprint density at radius 3 is 1.69 bits per heavy atom. The van der Waals surface area contributed by atoms with Crippen molar-refractivity contribution in [3.05, 3.63) is 0 Å². The maximum absolute atomic E-state index is 2.36. The Bertz CT molecular complexity index is 124. The van der Waals surface area contributed by atoms with Crippen molar-refractivity contribution in [1.82, 2.24) is 0 Å². The zero-order valence-corrected chi connectivity index (χ0v) is 9.68. The quantitative estimate of drug-likeness (QED) is 0.589. The van der Waals surface area contributed by atoms with Crippen LogP contribution in [0.5, 0.6) is 0 Å². The molecule has 1 heteroatoms. The summed E-state index contributed by atoms with van der Waals surface area (Å²) in [5.41, 5.74) is 0. The lowest BCUT2D eigenvalue weighted by Gasteiger charge is -2.44. The second-order valence-corrected chi connectivity index (χ2v) is 4.46. The summed E-state index contributed by atoms with van der Waals surface area (Å²) in [5.74, 6) is 0. The molecular formula is C12H26N+. The van der Waals surface area contributed by atoms with Gasteiger partial charge in [0.25, 0.3) is 0 Å². The van der Waals surface area contributed by atoms with Gasteiger partial charge in [-0.15, -0.1) is 0 Å². The van der Waals surface area contributed by atoms with Crippen LogP contribution in [0.15, 0.2) is 0 Å². The van der Waals surface area contributed by atoms with Gasteiger partial charge in [-0.3, -0.25) is 0 Å². The molecule has 1 aliphatic carbocycles. The van der Waals surface area contributed by atoms with Crippen LogP contribution in [0.1, 0.15) is 52.9 Å². The second kappa shape index (κ2) is 4.99. The van der Waals surface area contributed by atoms with Crippen molar-refractivity contribution in [3.8, 4) is 0 Å². The highest BCUT2D eigenvalue weighted by atomic mass is 15.4. The summed E-state index contributed by atoms with van der Waals surface area (Å²) >= 11 is 0. The molecule has 0 aromatic rings. The lowest BCUT2D eigenvalue weighted by atomic mass is 9.92. The number of nitrogens with zero attached hydrogens (tertiary/aromatic N) is 1. The normalized spacial score (nSPS) is 20.5. The van der Waals surface area contributed by atoms with Crippen molar-refractivity contribution >= 4 is 0 Å². The molecule has 0 aromatic heterocycles. The van der Waals surface area contributed by atoms with Crippen LogP contribution >= 0.6 is 0 Å². The van der Waals surface area contributed by atoms with Gasteiger partial charge >= 0.3 is 0 Å². The van der Waals surface area contributed by atoms with Gasteiger partial charge in [-0.25, -0.2) is 0 Å². The summed E-state index contributed by atoms with van der Waals surface area (Å²) in [7, 11) is 0. The molecule has 0 heterocycles. The number of hydrogen-bond acceptors (Lipinski definition) is 0. The van der Waals surface area contributed by atoms with Gasteiger partial charge in [-0.05, 0) is 46.5 Å². The van der Waals surface area contributed by atoms with Crippen LogP contribution in [0.25, 0.3) is 0 Å². The molecule has 1 rings (SSSR count). The molecule has 0 bridgehead atoms. The molecule has 1 fully saturated rings. The topological polar surface area (TPSA) is 0 Å². The first-order valence-electron chi connectivity index (χ1n) is 6.14. The summed E-state index contributed by atoms with van der Waals surface area (Å²) < 4.78 is 1.38.